The van der Waals surface area contributed by atoms with Gasteiger partial charge in [-0.15, -0.1) is 0 Å². The molecule has 1 amide bonds. The van der Waals surface area contributed by atoms with Crippen LogP contribution in [0.15, 0.2) is 88.9 Å². The number of ketones is 1. The Morgan fingerprint density at radius 2 is 1.76 bits per heavy atom. The van der Waals surface area contributed by atoms with Gasteiger partial charge < -0.3 is 14.7 Å². The van der Waals surface area contributed by atoms with Crippen LogP contribution in [-0.4, -0.2) is 34.8 Å². The van der Waals surface area contributed by atoms with Gasteiger partial charge >= 0.3 is 0 Å². The maximum Gasteiger partial charge on any atom is 0.295 e. The molecule has 1 heterocycles. The summed E-state index contributed by atoms with van der Waals surface area (Å²) < 4.78 is 6.37. The van der Waals surface area contributed by atoms with Crippen LogP contribution in [0, 0.1) is 0 Å². The van der Waals surface area contributed by atoms with E-state index < -0.39 is 17.7 Å². The summed E-state index contributed by atoms with van der Waals surface area (Å²) in [6, 6.07) is 23.5. The number of ether oxygens (including phenoxy) is 1. The quantitative estimate of drug-likeness (QED) is 0.261. The molecule has 0 bridgehead atoms. The lowest BCUT2D eigenvalue weighted by Crippen LogP contribution is -2.31. The molecule has 5 nitrogen and oxygen atoms in total. The zero-order valence-corrected chi connectivity index (χ0v) is 19.8. The van der Waals surface area contributed by atoms with E-state index in [1.807, 2.05) is 61.5 Å². The number of benzene rings is 3. The molecular formula is C27H24BrNO4. The number of halogens is 1. The Balaban J connectivity index is 1.79. The first-order valence-corrected chi connectivity index (χ1v) is 11.6. The van der Waals surface area contributed by atoms with E-state index in [-0.39, 0.29) is 11.3 Å². The van der Waals surface area contributed by atoms with Crippen LogP contribution in [0.3, 0.4) is 0 Å². The molecule has 1 N–H and O–H groups in total. The van der Waals surface area contributed by atoms with Gasteiger partial charge in [-0.1, -0.05) is 70.5 Å². The molecule has 1 saturated heterocycles. The SMILES string of the molecule is CCOc1cccc(C(O)=C2C(=O)C(=O)N(CCc3ccccc3)C2c2cccc(Br)c2)c1. The van der Waals surface area contributed by atoms with Crippen LogP contribution in [0.5, 0.6) is 5.75 Å². The third-order valence-corrected chi connectivity index (χ3v) is 6.10. The highest BCUT2D eigenvalue weighted by Crippen LogP contribution is 2.40. The highest BCUT2D eigenvalue weighted by Gasteiger charge is 2.45. The summed E-state index contributed by atoms with van der Waals surface area (Å²) in [6.07, 6.45) is 0.595. The van der Waals surface area contributed by atoms with Crippen LogP contribution in [0.25, 0.3) is 5.76 Å². The lowest BCUT2D eigenvalue weighted by atomic mass is 9.95. The number of carbonyl (C=O) groups excluding carboxylic acids is 2. The average Bonchev–Trinajstić information content (AvgIpc) is 3.08. The van der Waals surface area contributed by atoms with Crippen molar-refractivity contribution in [1.29, 1.82) is 0 Å². The molecular weight excluding hydrogens is 482 g/mol. The number of amides is 1. The highest BCUT2D eigenvalue weighted by atomic mass is 79.9. The molecule has 0 aromatic heterocycles. The fraction of sp³-hybridized carbons (Fsp3) is 0.185. The number of aliphatic hydroxyl groups is 1. The minimum atomic E-state index is -0.693. The van der Waals surface area contributed by atoms with Crippen molar-refractivity contribution in [1.82, 2.24) is 4.90 Å². The van der Waals surface area contributed by atoms with Crippen molar-refractivity contribution in [2.24, 2.45) is 0 Å². The van der Waals surface area contributed by atoms with E-state index in [2.05, 4.69) is 15.9 Å². The van der Waals surface area contributed by atoms with Gasteiger partial charge in [-0.05, 0) is 48.7 Å². The molecule has 3 aromatic rings. The van der Waals surface area contributed by atoms with Crippen LogP contribution in [-0.2, 0) is 16.0 Å². The minimum Gasteiger partial charge on any atom is -0.507 e. The Bertz CT molecular complexity index is 1210. The van der Waals surface area contributed by atoms with E-state index in [9.17, 15) is 14.7 Å². The van der Waals surface area contributed by atoms with Crippen LogP contribution < -0.4 is 4.74 Å². The third kappa shape index (κ3) is 4.86. The Morgan fingerprint density at radius 3 is 2.48 bits per heavy atom. The van der Waals surface area contributed by atoms with Crippen LogP contribution in [0.4, 0.5) is 0 Å². The summed E-state index contributed by atoms with van der Waals surface area (Å²) in [5, 5.41) is 11.2. The highest BCUT2D eigenvalue weighted by molar-refractivity contribution is 9.10. The summed E-state index contributed by atoms with van der Waals surface area (Å²) in [5.74, 6) is -0.924. The van der Waals surface area contributed by atoms with Gasteiger partial charge in [0.25, 0.3) is 11.7 Å². The fourth-order valence-electron chi connectivity index (χ4n) is 4.08. The predicted molar refractivity (Wildman–Crippen MR) is 131 cm³/mol. The molecule has 1 unspecified atom stereocenters. The van der Waals surface area contributed by atoms with Crippen molar-refractivity contribution in [3.05, 3.63) is 106 Å². The number of rotatable bonds is 7. The van der Waals surface area contributed by atoms with Crippen molar-refractivity contribution in [2.75, 3.05) is 13.2 Å². The van der Waals surface area contributed by atoms with Crippen molar-refractivity contribution in [3.8, 4) is 5.75 Å². The molecule has 1 atom stereocenters. The second-order valence-corrected chi connectivity index (χ2v) is 8.66. The Morgan fingerprint density at radius 1 is 1.00 bits per heavy atom. The zero-order chi connectivity index (χ0) is 23.4. The molecule has 1 aliphatic rings. The molecule has 0 saturated carbocycles. The van der Waals surface area contributed by atoms with E-state index in [4.69, 9.17) is 4.74 Å². The average molecular weight is 506 g/mol. The zero-order valence-electron chi connectivity index (χ0n) is 18.2. The second-order valence-electron chi connectivity index (χ2n) is 7.74. The van der Waals surface area contributed by atoms with Gasteiger partial charge in [0, 0.05) is 16.6 Å². The summed E-state index contributed by atoms with van der Waals surface area (Å²) >= 11 is 3.48. The van der Waals surface area contributed by atoms with E-state index in [1.165, 1.54) is 0 Å². The van der Waals surface area contributed by atoms with Gasteiger partial charge in [0.15, 0.2) is 0 Å². The Hall–Kier alpha value is -3.38. The number of aliphatic hydroxyl groups excluding tert-OH is 1. The summed E-state index contributed by atoms with van der Waals surface area (Å²) in [6.45, 7) is 2.70. The second kappa shape index (κ2) is 10.0. The van der Waals surface area contributed by atoms with Crippen LogP contribution in [0.1, 0.15) is 29.7 Å². The summed E-state index contributed by atoms with van der Waals surface area (Å²) in [7, 11) is 0. The number of likely N-dealkylation sites (tertiary alicyclic amines) is 1. The molecule has 0 radical (unpaired) electrons. The molecule has 1 aliphatic heterocycles. The van der Waals surface area contributed by atoms with Crippen LogP contribution in [0.2, 0.25) is 0 Å². The normalized spacial score (nSPS) is 17.4. The van der Waals surface area contributed by atoms with E-state index in [1.54, 1.807) is 29.2 Å². The van der Waals surface area contributed by atoms with Gasteiger partial charge in [0.05, 0.1) is 18.2 Å². The van der Waals surface area contributed by atoms with Gasteiger partial charge in [-0.2, -0.15) is 0 Å². The largest absolute Gasteiger partial charge is 0.507 e. The van der Waals surface area contributed by atoms with Gasteiger partial charge in [-0.25, -0.2) is 0 Å². The first-order chi connectivity index (χ1) is 16.0. The minimum absolute atomic E-state index is 0.0832. The Kier molecular flexibility index (Phi) is 6.94. The fourth-order valence-corrected chi connectivity index (χ4v) is 4.50. The van der Waals surface area contributed by atoms with Gasteiger partial charge in [-0.3, -0.25) is 9.59 Å². The number of carbonyl (C=O) groups is 2. The summed E-state index contributed by atoms with van der Waals surface area (Å²) in [5.41, 5.74) is 2.33. The molecule has 168 valence electrons. The smallest absolute Gasteiger partial charge is 0.295 e. The standard InChI is InChI=1S/C27H24BrNO4/c1-2-33-22-13-7-11-20(17-22)25(30)23-24(19-10-6-12-21(28)16-19)29(27(32)26(23)31)15-14-18-8-4-3-5-9-18/h3-13,16-17,24,30H,2,14-15H2,1H3. The lowest BCUT2D eigenvalue weighted by molar-refractivity contribution is -0.139. The first-order valence-electron chi connectivity index (χ1n) is 10.8. The van der Waals surface area contributed by atoms with E-state index in [0.29, 0.717) is 30.9 Å². The molecule has 0 aliphatic carbocycles. The molecule has 0 spiro atoms. The maximum absolute atomic E-state index is 13.2. The van der Waals surface area contributed by atoms with Crippen molar-refractivity contribution < 1.29 is 19.4 Å². The molecule has 4 rings (SSSR count). The summed E-state index contributed by atoms with van der Waals surface area (Å²) in [4.78, 5) is 27.8. The van der Waals surface area contributed by atoms with Crippen molar-refractivity contribution in [3.63, 3.8) is 0 Å². The lowest BCUT2D eigenvalue weighted by Gasteiger charge is -2.25. The number of nitrogens with zero attached hydrogens (tertiary/aromatic N) is 1. The number of hydrogen-bond acceptors (Lipinski definition) is 4. The van der Waals surface area contributed by atoms with Crippen molar-refractivity contribution >= 4 is 33.4 Å². The molecule has 33 heavy (non-hydrogen) atoms. The topological polar surface area (TPSA) is 66.8 Å². The first kappa shape index (κ1) is 22.8. The van der Waals surface area contributed by atoms with Crippen molar-refractivity contribution in [2.45, 2.75) is 19.4 Å². The van der Waals surface area contributed by atoms with Gasteiger partial charge in [0.2, 0.25) is 0 Å². The molecule has 3 aromatic carbocycles. The van der Waals surface area contributed by atoms with Gasteiger partial charge in [0.1, 0.15) is 11.5 Å². The molecule has 1 fully saturated rings. The molecule has 6 heteroatoms. The monoisotopic (exact) mass is 505 g/mol. The van der Waals surface area contributed by atoms with E-state index in [0.717, 1.165) is 15.6 Å². The predicted octanol–water partition coefficient (Wildman–Crippen LogP) is 5.51. The van der Waals surface area contributed by atoms with Crippen LogP contribution >= 0.6 is 15.9 Å². The number of hydrogen-bond donors (Lipinski definition) is 1. The maximum atomic E-state index is 13.2. The Labute approximate surface area is 201 Å². The third-order valence-electron chi connectivity index (χ3n) is 5.61. The van der Waals surface area contributed by atoms with E-state index >= 15 is 0 Å². The number of Topliss-reactive ketones (excluding diaryl/α,β-unsaturated/α-hetero) is 1.